The van der Waals surface area contributed by atoms with Crippen molar-refractivity contribution >= 4 is 12.2 Å². The van der Waals surface area contributed by atoms with Crippen molar-refractivity contribution in [3.05, 3.63) is 40.4 Å². The summed E-state index contributed by atoms with van der Waals surface area (Å²) in [6.07, 6.45) is 3.91. The van der Waals surface area contributed by atoms with Crippen molar-refractivity contribution in [3.8, 4) is 5.69 Å². The van der Waals surface area contributed by atoms with Crippen LogP contribution in [0.25, 0.3) is 5.69 Å². The SMILES string of the molecule is Cc1ccccc1-n1c(C)nn(CN2CCCCC2)c1=S. The normalized spacial score (nSPS) is 16.3. The molecule has 1 fully saturated rings. The molecular formula is C16H22N4S. The summed E-state index contributed by atoms with van der Waals surface area (Å²) in [4.78, 5) is 2.44. The van der Waals surface area contributed by atoms with E-state index in [4.69, 9.17) is 12.2 Å². The second-order valence-corrected chi connectivity index (χ2v) is 6.14. The third-order valence-electron chi connectivity index (χ3n) is 4.14. The van der Waals surface area contributed by atoms with Gasteiger partial charge in [0.1, 0.15) is 5.82 Å². The van der Waals surface area contributed by atoms with E-state index in [1.165, 1.54) is 24.8 Å². The van der Waals surface area contributed by atoms with Gasteiger partial charge in [-0.1, -0.05) is 24.6 Å². The van der Waals surface area contributed by atoms with Crippen molar-refractivity contribution in [2.45, 2.75) is 39.8 Å². The van der Waals surface area contributed by atoms with Crippen LogP contribution in [0.1, 0.15) is 30.7 Å². The smallest absolute Gasteiger partial charge is 0.203 e. The molecule has 0 N–H and O–H groups in total. The Hall–Kier alpha value is -1.46. The highest BCUT2D eigenvalue weighted by atomic mass is 32.1. The summed E-state index contributed by atoms with van der Waals surface area (Å²) in [7, 11) is 0. The molecular weight excluding hydrogens is 280 g/mol. The summed E-state index contributed by atoms with van der Waals surface area (Å²) in [6.45, 7) is 7.24. The number of hydrogen-bond donors (Lipinski definition) is 0. The van der Waals surface area contributed by atoms with Gasteiger partial charge in [-0.3, -0.25) is 9.47 Å². The molecule has 21 heavy (non-hydrogen) atoms. The highest BCUT2D eigenvalue weighted by Crippen LogP contribution is 2.17. The van der Waals surface area contributed by atoms with Gasteiger partial charge in [-0.05, 0) is 63.6 Å². The lowest BCUT2D eigenvalue weighted by Gasteiger charge is -2.25. The van der Waals surface area contributed by atoms with Crippen LogP contribution in [0.3, 0.4) is 0 Å². The summed E-state index contributed by atoms with van der Waals surface area (Å²) in [6, 6.07) is 8.31. The van der Waals surface area contributed by atoms with E-state index in [2.05, 4.69) is 39.7 Å². The molecule has 0 spiro atoms. The predicted octanol–water partition coefficient (Wildman–Crippen LogP) is 3.46. The molecule has 112 valence electrons. The first-order valence-electron chi connectivity index (χ1n) is 7.61. The van der Waals surface area contributed by atoms with Gasteiger partial charge in [-0.25, -0.2) is 4.68 Å². The molecule has 4 nitrogen and oxygen atoms in total. The number of aryl methyl sites for hydroxylation is 2. The lowest BCUT2D eigenvalue weighted by atomic mass is 10.1. The average Bonchev–Trinajstić information content (AvgIpc) is 2.76. The number of aromatic nitrogens is 3. The number of hydrogen-bond acceptors (Lipinski definition) is 3. The average molecular weight is 302 g/mol. The number of para-hydroxylation sites is 1. The summed E-state index contributed by atoms with van der Waals surface area (Å²) >= 11 is 5.66. The quantitative estimate of drug-likeness (QED) is 0.812. The Morgan fingerprint density at radius 1 is 1.10 bits per heavy atom. The first kappa shape index (κ1) is 14.5. The van der Waals surface area contributed by atoms with Crippen LogP contribution in [-0.2, 0) is 6.67 Å². The molecule has 1 aliphatic heterocycles. The number of likely N-dealkylation sites (tertiary alicyclic amines) is 1. The molecule has 1 saturated heterocycles. The third kappa shape index (κ3) is 2.94. The molecule has 0 bridgehead atoms. The highest BCUT2D eigenvalue weighted by Gasteiger charge is 2.15. The zero-order chi connectivity index (χ0) is 14.8. The Kier molecular flexibility index (Phi) is 4.22. The van der Waals surface area contributed by atoms with Gasteiger partial charge in [-0.15, -0.1) is 0 Å². The van der Waals surface area contributed by atoms with Gasteiger partial charge in [0.2, 0.25) is 4.77 Å². The van der Waals surface area contributed by atoms with Crippen LogP contribution in [0.5, 0.6) is 0 Å². The van der Waals surface area contributed by atoms with Crippen molar-refractivity contribution in [1.29, 1.82) is 0 Å². The molecule has 0 unspecified atom stereocenters. The molecule has 5 heteroatoms. The minimum atomic E-state index is 0.785. The van der Waals surface area contributed by atoms with Gasteiger partial charge in [0.15, 0.2) is 0 Å². The van der Waals surface area contributed by atoms with Gasteiger partial charge < -0.3 is 0 Å². The number of rotatable bonds is 3. The first-order valence-corrected chi connectivity index (χ1v) is 8.02. The summed E-state index contributed by atoms with van der Waals surface area (Å²) < 4.78 is 4.82. The minimum Gasteiger partial charge on any atom is -0.284 e. The van der Waals surface area contributed by atoms with Gasteiger partial charge in [0.05, 0.1) is 12.4 Å². The molecule has 1 aromatic carbocycles. The number of benzene rings is 1. The molecule has 0 saturated carbocycles. The van der Waals surface area contributed by atoms with Gasteiger partial charge in [-0.2, -0.15) is 5.10 Å². The second-order valence-electron chi connectivity index (χ2n) is 5.77. The Bertz CT molecular complexity index is 680. The van der Waals surface area contributed by atoms with E-state index >= 15 is 0 Å². The number of nitrogens with zero attached hydrogens (tertiary/aromatic N) is 4. The highest BCUT2D eigenvalue weighted by molar-refractivity contribution is 7.71. The molecule has 2 aromatic rings. The van der Waals surface area contributed by atoms with Crippen LogP contribution >= 0.6 is 12.2 Å². The number of piperidine rings is 1. The maximum Gasteiger partial charge on any atom is 0.203 e. The molecule has 1 aromatic heterocycles. The predicted molar refractivity (Wildman–Crippen MR) is 87.3 cm³/mol. The van der Waals surface area contributed by atoms with Crippen LogP contribution in [0.4, 0.5) is 0 Å². The van der Waals surface area contributed by atoms with Crippen molar-refractivity contribution < 1.29 is 0 Å². The van der Waals surface area contributed by atoms with Crippen molar-refractivity contribution in [2.75, 3.05) is 13.1 Å². The largest absolute Gasteiger partial charge is 0.284 e. The van der Waals surface area contributed by atoms with Gasteiger partial charge in [0, 0.05) is 0 Å². The lowest BCUT2D eigenvalue weighted by Crippen LogP contribution is -2.32. The second kappa shape index (κ2) is 6.12. The summed E-state index contributed by atoms with van der Waals surface area (Å²) in [5, 5.41) is 4.66. The van der Waals surface area contributed by atoms with Gasteiger partial charge in [0.25, 0.3) is 0 Å². The Morgan fingerprint density at radius 2 is 1.81 bits per heavy atom. The lowest BCUT2D eigenvalue weighted by molar-refractivity contribution is 0.172. The van der Waals surface area contributed by atoms with Crippen LogP contribution in [-0.4, -0.2) is 32.3 Å². The fraction of sp³-hybridized carbons (Fsp3) is 0.500. The van der Waals surface area contributed by atoms with E-state index in [9.17, 15) is 0 Å². The first-order chi connectivity index (χ1) is 10.2. The van der Waals surface area contributed by atoms with E-state index in [-0.39, 0.29) is 0 Å². The zero-order valence-electron chi connectivity index (χ0n) is 12.7. The molecule has 3 rings (SSSR count). The Morgan fingerprint density at radius 3 is 2.52 bits per heavy atom. The molecule has 0 aliphatic carbocycles. The van der Waals surface area contributed by atoms with Crippen LogP contribution < -0.4 is 0 Å². The Balaban J connectivity index is 1.93. The van der Waals surface area contributed by atoms with E-state index < -0.39 is 0 Å². The Labute approximate surface area is 131 Å². The molecule has 0 amide bonds. The minimum absolute atomic E-state index is 0.785. The third-order valence-corrected chi connectivity index (χ3v) is 4.53. The van der Waals surface area contributed by atoms with Crippen LogP contribution in [0.2, 0.25) is 0 Å². The summed E-state index contributed by atoms with van der Waals surface area (Å²) in [5.41, 5.74) is 2.35. The topological polar surface area (TPSA) is 26.0 Å². The maximum absolute atomic E-state index is 5.66. The molecule has 1 aliphatic rings. The molecule has 2 heterocycles. The van der Waals surface area contributed by atoms with Crippen molar-refractivity contribution in [1.82, 2.24) is 19.2 Å². The fourth-order valence-electron chi connectivity index (χ4n) is 2.99. The van der Waals surface area contributed by atoms with E-state index in [1.54, 1.807) is 0 Å². The zero-order valence-corrected chi connectivity index (χ0v) is 13.6. The van der Waals surface area contributed by atoms with Crippen molar-refractivity contribution in [2.24, 2.45) is 0 Å². The van der Waals surface area contributed by atoms with Crippen LogP contribution in [0.15, 0.2) is 24.3 Å². The van der Waals surface area contributed by atoms with Gasteiger partial charge >= 0.3 is 0 Å². The van der Waals surface area contributed by atoms with E-state index in [1.807, 2.05) is 17.7 Å². The monoisotopic (exact) mass is 302 g/mol. The van der Waals surface area contributed by atoms with E-state index in [0.717, 1.165) is 36.0 Å². The fourth-order valence-corrected chi connectivity index (χ4v) is 3.32. The summed E-state index contributed by atoms with van der Waals surface area (Å²) in [5.74, 6) is 0.950. The standard InChI is InChI=1S/C16H22N4S/c1-13-8-4-5-9-15(13)20-14(2)17-19(16(20)21)12-18-10-6-3-7-11-18/h4-5,8-9H,3,6-7,10-12H2,1-2H3. The van der Waals surface area contributed by atoms with E-state index in [0.29, 0.717) is 0 Å². The van der Waals surface area contributed by atoms with Crippen LogP contribution in [0, 0.1) is 18.6 Å². The maximum atomic E-state index is 5.66. The molecule has 0 atom stereocenters. The molecule has 0 radical (unpaired) electrons. The van der Waals surface area contributed by atoms with Crippen molar-refractivity contribution in [3.63, 3.8) is 0 Å².